The zero-order chi connectivity index (χ0) is 12.2. The summed E-state index contributed by atoms with van der Waals surface area (Å²) < 4.78 is 5.77. The van der Waals surface area contributed by atoms with E-state index in [0.717, 1.165) is 11.1 Å². The molecule has 0 saturated heterocycles. The minimum absolute atomic E-state index is 0.535. The number of hydrogen-bond acceptors (Lipinski definition) is 4. The Hall–Kier alpha value is -2.43. The second-order valence-electron chi connectivity index (χ2n) is 3.90. The van der Waals surface area contributed by atoms with Gasteiger partial charge in [-0.1, -0.05) is 41.6 Å². The van der Waals surface area contributed by atoms with Gasteiger partial charge in [-0.25, -0.2) is 0 Å². The number of aromatic amines is 1. The number of nitrogens with one attached hydrogen (secondary N) is 1. The number of hydrogen-bond donors (Lipinski definition) is 1. The Morgan fingerprint density at radius 2 is 1.94 bits per heavy atom. The smallest absolute Gasteiger partial charge is 0.177 e. The largest absolute Gasteiger partial charge is 0.492 e. The summed E-state index contributed by atoms with van der Waals surface area (Å²) in [5.41, 5.74) is 0. The van der Waals surface area contributed by atoms with Crippen molar-refractivity contribution >= 4 is 10.8 Å². The molecule has 0 spiro atoms. The Morgan fingerprint density at radius 1 is 1.06 bits per heavy atom. The Bertz CT molecular complexity index is 631. The Kier molecular flexibility index (Phi) is 2.87. The predicted octanol–water partition coefficient (Wildman–Crippen LogP) is 1.97. The van der Waals surface area contributed by atoms with Gasteiger partial charge in [0.1, 0.15) is 5.75 Å². The van der Waals surface area contributed by atoms with Gasteiger partial charge in [0.25, 0.3) is 0 Å². The number of ether oxygens (including phenoxy) is 1. The van der Waals surface area contributed by atoms with Crippen LogP contribution in [0.5, 0.6) is 5.75 Å². The average molecular weight is 240 g/mol. The number of tetrazole rings is 1. The van der Waals surface area contributed by atoms with Crippen LogP contribution in [-0.2, 0) is 6.42 Å². The van der Waals surface area contributed by atoms with Gasteiger partial charge >= 0.3 is 0 Å². The van der Waals surface area contributed by atoms with Crippen LogP contribution in [0.3, 0.4) is 0 Å². The van der Waals surface area contributed by atoms with Crippen molar-refractivity contribution in [1.82, 2.24) is 20.6 Å². The summed E-state index contributed by atoms with van der Waals surface area (Å²) in [6.45, 7) is 0.535. The highest BCUT2D eigenvalue weighted by Gasteiger charge is 2.02. The molecule has 0 fully saturated rings. The number of H-pyrrole nitrogens is 1. The first kappa shape index (κ1) is 10.7. The van der Waals surface area contributed by atoms with Gasteiger partial charge in [-0.3, -0.25) is 0 Å². The Balaban J connectivity index is 1.74. The van der Waals surface area contributed by atoms with Crippen LogP contribution in [0.2, 0.25) is 0 Å². The van der Waals surface area contributed by atoms with E-state index in [4.69, 9.17) is 4.74 Å². The summed E-state index contributed by atoms with van der Waals surface area (Å²) >= 11 is 0. The highest BCUT2D eigenvalue weighted by molar-refractivity contribution is 5.88. The Morgan fingerprint density at radius 3 is 2.83 bits per heavy atom. The quantitative estimate of drug-likeness (QED) is 0.757. The maximum atomic E-state index is 5.77. The molecular weight excluding hydrogens is 228 g/mol. The topological polar surface area (TPSA) is 63.7 Å². The van der Waals surface area contributed by atoms with Crippen molar-refractivity contribution in [3.8, 4) is 5.75 Å². The van der Waals surface area contributed by atoms with Crippen LogP contribution < -0.4 is 4.74 Å². The lowest BCUT2D eigenvalue weighted by Gasteiger charge is -2.07. The van der Waals surface area contributed by atoms with Gasteiger partial charge in [0.15, 0.2) is 5.82 Å². The molecule has 1 N–H and O–H groups in total. The van der Waals surface area contributed by atoms with Crippen molar-refractivity contribution in [1.29, 1.82) is 0 Å². The highest BCUT2D eigenvalue weighted by Crippen LogP contribution is 2.24. The second kappa shape index (κ2) is 4.83. The minimum atomic E-state index is 0.535. The van der Waals surface area contributed by atoms with Crippen LogP contribution in [0.15, 0.2) is 42.5 Å². The maximum absolute atomic E-state index is 5.77. The molecule has 0 unspecified atom stereocenters. The van der Waals surface area contributed by atoms with E-state index in [0.29, 0.717) is 18.9 Å². The molecule has 0 aliphatic heterocycles. The minimum Gasteiger partial charge on any atom is -0.492 e. The van der Waals surface area contributed by atoms with Gasteiger partial charge in [-0.2, -0.15) is 5.21 Å². The van der Waals surface area contributed by atoms with Crippen LogP contribution in [-0.4, -0.2) is 27.2 Å². The normalized spacial score (nSPS) is 10.7. The summed E-state index contributed by atoms with van der Waals surface area (Å²) in [5.74, 6) is 1.55. The number of fused-ring (bicyclic) bond motifs is 1. The summed E-state index contributed by atoms with van der Waals surface area (Å²) in [7, 11) is 0. The lowest BCUT2D eigenvalue weighted by atomic mass is 10.1. The average Bonchev–Trinajstić information content (AvgIpc) is 2.92. The van der Waals surface area contributed by atoms with E-state index < -0.39 is 0 Å². The number of aromatic nitrogens is 4. The molecule has 0 atom stereocenters. The van der Waals surface area contributed by atoms with Gasteiger partial charge in [0.05, 0.1) is 6.61 Å². The molecule has 0 radical (unpaired) electrons. The van der Waals surface area contributed by atoms with Crippen LogP contribution in [0.25, 0.3) is 10.8 Å². The van der Waals surface area contributed by atoms with Gasteiger partial charge in [0, 0.05) is 11.8 Å². The van der Waals surface area contributed by atoms with Crippen molar-refractivity contribution in [3.63, 3.8) is 0 Å². The molecule has 3 aromatic rings. The maximum Gasteiger partial charge on any atom is 0.177 e. The first-order valence-electron chi connectivity index (χ1n) is 5.76. The first-order valence-corrected chi connectivity index (χ1v) is 5.76. The molecule has 5 nitrogen and oxygen atoms in total. The van der Waals surface area contributed by atoms with E-state index in [1.165, 1.54) is 5.39 Å². The number of benzene rings is 2. The SMILES string of the molecule is c1ccc2c(OCCc3nn[nH]n3)cccc2c1. The Labute approximate surface area is 104 Å². The molecular formula is C13H12N4O. The van der Waals surface area contributed by atoms with Crippen LogP contribution >= 0.6 is 0 Å². The van der Waals surface area contributed by atoms with Crippen molar-refractivity contribution in [2.75, 3.05) is 6.61 Å². The fourth-order valence-corrected chi connectivity index (χ4v) is 1.86. The van der Waals surface area contributed by atoms with Gasteiger partial charge in [-0.05, 0) is 11.5 Å². The lowest BCUT2D eigenvalue weighted by Crippen LogP contribution is -2.03. The summed E-state index contributed by atoms with van der Waals surface area (Å²) in [4.78, 5) is 0. The second-order valence-corrected chi connectivity index (χ2v) is 3.90. The lowest BCUT2D eigenvalue weighted by molar-refractivity contribution is 0.322. The third-order valence-electron chi connectivity index (χ3n) is 2.72. The van der Waals surface area contributed by atoms with E-state index in [9.17, 15) is 0 Å². The van der Waals surface area contributed by atoms with Gasteiger partial charge in [-0.15, -0.1) is 10.2 Å². The van der Waals surface area contributed by atoms with Gasteiger partial charge < -0.3 is 4.74 Å². The predicted molar refractivity (Wildman–Crippen MR) is 67.3 cm³/mol. The third-order valence-corrected chi connectivity index (χ3v) is 2.72. The van der Waals surface area contributed by atoms with E-state index >= 15 is 0 Å². The van der Waals surface area contributed by atoms with Crippen LogP contribution in [0.1, 0.15) is 5.82 Å². The van der Waals surface area contributed by atoms with Crippen molar-refractivity contribution < 1.29 is 4.74 Å². The molecule has 1 heterocycles. The van der Waals surface area contributed by atoms with E-state index in [1.54, 1.807) is 0 Å². The molecule has 0 aliphatic carbocycles. The molecule has 18 heavy (non-hydrogen) atoms. The molecule has 0 saturated carbocycles. The molecule has 3 rings (SSSR count). The fraction of sp³-hybridized carbons (Fsp3) is 0.154. The molecule has 1 aromatic heterocycles. The monoisotopic (exact) mass is 240 g/mol. The van der Waals surface area contributed by atoms with Crippen LogP contribution in [0, 0.1) is 0 Å². The first-order chi connectivity index (χ1) is 8.93. The zero-order valence-corrected chi connectivity index (χ0v) is 9.71. The summed E-state index contributed by atoms with van der Waals surface area (Å²) in [5, 5.41) is 16.0. The molecule has 0 bridgehead atoms. The summed E-state index contributed by atoms with van der Waals surface area (Å²) in [6.07, 6.45) is 0.639. The van der Waals surface area contributed by atoms with E-state index in [2.05, 4.69) is 38.8 Å². The van der Waals surface area contributed by atoms with E-state index in [-0.39, 0.29) is 0 Å². The summed E-state index contributed by atoms with van der Waals surface area (Å²) in [6, 6.07) is 14.2. The van der Waals surface area contributed by atoms with Gasteiger partial charge in [0.2, 0.25) is 0 Å². The van der Waals surface area contributed by atoms with Crippen molar-refractivity contribution in [3.05, 3.63) is 48.3 Å². The third kappa shape index (κ3) is 2.15. The molecule has 90 valence electrons. The zero-order valence-electron chi connectivity index (χ0n) is 9.71. The standard InChI is InChI=1S/C13H12N4O/c1-2-6-11-10(4-1)5-3-7-12(11)18-9-8-13-14-16-17-15-13/h1-7H,8-9H2,(H,14,15,16,17). The fourth-order valence-electron chi connectivity index (χ4n) is 1.86. The highest BCUT2D eigenvalue weighted by atomic mass is 16.5. The number of nitrogens with zero attached hydrogens (tertiary/aromatic N) is 3. The number of rotatable bonds is 4. The van der Waals surface area contributed by atoms with Crippen molar-refractivity contribution in [2.24, 2.45) is 0 Å². The molecule has 0 aliphatic rings. The molecule has 2 aromatic carbocycles. The molecule has 0 amide bonds. The van der Waals surface area contributed by atoms with Crippen LogP contribution in [0.4, 0.5) is 0 Å². The molecule has 5 heteroatoms. The van der Waals surface area contributed by atoms with E-state index in [1.807, 2.05) is 24.3 Å². The van der Waals surface area contributed by atoms with Crippen molar-refractivity contribution in [2.45, 2.75) is 6.42 Å².